The Bertz CT molecular complexity index is 492. The average Bonchev–Trinajstić information content (AvgIpc) is 2.84. The van der Waals surface area contributed by atoms with Gasteiger partial charge in [0.1, 0.15) is 0 Å². The van der Waals surface area contributed by atoms with Crippen molar-refractivity contribution in [1.82, 2.24) is 15.5 Å². The van der Waals surface area contributed by atoms with Crippen LogP contribution in [0.15, 0.2) is 41.2 Å². The molecule has 0 saturated heterocycles. The molecular formula is C12H13N3O2. The van der Waals surface area contributed by atoms with Gasteiger partial charge in [0.15, 0.2) is 5.82 Å². The summed E-state index contributed by atoms with van der Waals surface area (Å²) in [6.45, 7) is 3.64. The molecule has 0 saturated carbocycles. The molecule has 0 aliphatic heterocycles. The first-order valence-corrected chi connectivity index (χ1v) is 5.24. The summed E-state index contributed by atoms with van der Waals surface area (Å²) in [7, 11) is 0. The van der Waals surface area contributed by atoms with Crippen LogP contribution in [0, 0.1) is 0 Å². The van der Waals surface area contributed by atoms with Crippen molar-refractivity contribution in [3.8, 4) is 0 Å². The van der Waals surface area contributed by atoms with Gasteiger partial charge in [-0.05, 0) is 26.0 Å². The molecule has 88 valence electrons. The quantitative estimate of drug-likeness (QED) is 0.873. The lowest BCUT2D eigenvalue weighted by atomic mass is 10.0. The summed E-state index contributed by atoms with van der Waals surface area (Å²) in [6.07, 6.45) is 1.24. The van der Waals surface area contributed by atoms with Crippen LogP contribution in [0.5, 0.6) is 0 Å². The van der Waals surface area contributed by atoms with Crippen LogP contribution < -0.4 is 5.32 Å². The van der Waals surface area contributed by atoms with Crippen LogP contribution in [0.1, 0.15) is 30.0 Å². The molecule has 1 amide bonds. The summed E-state index contributed by atoms with van der Waals surface area (Å²) in [5.41, 5.74) is -0.0658. The number of benzene rings is 1. The number of nitrogens with one attached hydrogen (secondary N) is 1. The van der Waals surface area contributed by atoms with E-state index in [9.17, 15) is 4.79 Å². The zero-order chi connectivity index (χ0) is 12.3. The van der Waals surface area contributed by atoms with Crippen molar-refractivity contribution in [3.05, 3.63) is 48.1 Å². The Balaban J connectivity index is 2.14. The van der Waals surface area contributed by atoms with Gasteiger partial charge < -0.3 is 9.84 Å². The third kappa shape index (κ3) is 2.50. The van der Waals surface area contributed by atoms with Crippen LogP contribution in [-0.4, -0.2) is 16.0 Å². The number of carbonyl (C=O) groups excluding carboxylic acids is 1. The molecule has 5 heteroatoms. The number of rotatable bonds is 3. The predicted molar refractivity (Wildman–Crippen MR) is 61.2 cm³/mol. The Hall–Kier alpha value is -2.17. The fourth-order valence-electron chi connectivity index (χ4n) is 1.45. The molecule has 1 aromatic carbocycles. The van der Waals surface area contributed by atoms with Crippen molar-refractivity contribution in [2.75, 3.05) is 0 Å². The second-order valence-electron chi connectivity index (χ2n) is 4.20. The molecule has 0 bridgehead atoms. The van der Waals surface area contributed by atoms with Crippen molar-refractivity contribution in [3.63, 3.8) is 0 Å². The molecular weight excluding hydrogens is 218 g/mol. The number of nitrogens with zero attached hydrogens (tertiary/aromatic N) is 2. The number of carbonyl (C=O) groups is 1. The zero-order valence-electron chi connectivity index (χ0n) is 9.68. The van der Waals surface area contributed by atoms with Crippen molar-refractivity contribution >= 4 is 5.91 Å². The van der Waals surface area contributed by atoms with E-state index in [-0.39, 0.29) is 5.91 Å². The highest BCUT2D eigenvalue weighted by Gasteiger charge is 2.27. The first kappa shape index (κ1) is 11.3. The van der Waals surface area contributed by atoms with Crippen LogP contribution in [-0.2, 0) is 5.54 Å². The number of amides is 1. The van der Waals surface area contributed by atoms with Crippen molar-refractivity contribution < 1.29 is 9.32 Å². The summed E-state index contributed by atoms with van der Waals surface area (Å²) in [6, 6.07) is 9.00. The molecule has 2 aromatic rings. The fraction of sp³-hybridized carbons (Fsp3) is 0.250. The van der Waals surface area contributed by atoms with Gasteiger partial charge >= 0.3 is 0 Å². The van der Waals surface area contributed by atoms with Crippen LogP contribution in [0.2, 0.25) is 0 Å². The predicted octanol–water partition coefficient (Wildman–Crippen LogP) is 1.73. The molecule has 1 heterocycles. The monoisotopic (exact) mass is 231 g/mol. The molecule has 0 radical (unpaired) electrons. The van der Waals surface area contributed by atoms with E-state index < -0.39 is 5.54 Å². The summed E-state index contributed by atoms with van der Waals surface area (Å²) in [5, 5.41) is 6.58. The van der Waals surface area contributed by atoms with Crippen LogP contribution in [0.3, 0.4) is 0 Å². The highest BCUT2D eigenvalue weighted by Crippen LogP contribution is 2.16. The van der Waals surface area contributed by atoms with E-state index in [0.29, 0.717) is 11.4 Å². The summed E-state index contributed by atoms with van der Waals surface area (Å²) in [4.78, 5) is 15.9. The first-order chi connectivity index (χ1) is 8.09. The highest BCUT2D eigenvalue weighted by atomic mass is 16.5. The van der Waals surface area contributed by atoms with Crippen molar-refractivity contribution in [1.29, 1.82) is 0 Å². The Morgan fingerprint density at radius 3 is 2.59 bits per heavy atom. The number of hydrogen-bond acceptors (Lipinski definition) is 4. The second kappa shape index (κ2) is 4.37. The van der Waals surface area contributed by atoms with Gasteiger partial charge in [-0.3, -0.25) is 4.79 Å². The molecule has 0 spiro atoms. The maximum absolute atomic E-state index is 12.0. The minimum atomic E-state index is -0.667. The third-order valence-corrected chi connectivity index (χ3v) is 2.38. The topological polar surface area (TPSA) is 68.0 Å². The lowest BCUT2D eigenvalue weighted by Crippen LogP contribution is -2.41. The molecule has 0 fully saturated rings. The smallest absolute Gasteiger partial charge is 0.252 e. The van der Waals surface area contributed by atoms with Gasteiger partial charge in [0.25, 0.3) is 5.91 Å². The normalized spacial score (nSPS) is 11.2. The van der Waals surface area contributed by atoms with Gasteiger partial charge in [-0.25, -0.2) is 0 Å². The largest absolute Gasteiger partial charge is 0.343 e. The van der Waals surface area contributed by atoms with Crippen molar-refractivity contribution in [2.24, 2.45) is 0 Å². The average molecular weight is 231 g/mol. The zero-order valence-corrected chi connectivity index (χ0v) is 9.68. The summed E-state index contributed by atoms with van der Waals surface area (Å²) < 4.78 is 4.68. The molecule has 0 unspecified atom stereocenters. The number of hydrogen-bond donors (Lipinski definition) is 1. The lowest BCUT2D eigenvalue weighted by molar-refractivity contribution is 0.0907. The van der Waals surface area contributed by atoms with Gasteiger partial charge in [-0.1, -0.05) is 23.4 Å². The molecule has 1 aromatic heterocycles. The van der Waals surface area contributed by atoms with Gasteiger partial charge in [-0.15, -0.1) is 0 Å². The maximum Gasteiger partial charge on any atom is 0.252 e. The van der Waals surface area contributed by atoms with E-state index in [0.717, 1.165) is 0 Å². The molecule has 2 rings (SSSR count). The molecule has 1 N–H and O–H groups in total. The van der Waals surface area contributed by atoms with E-state index >= 15 is 0 Å². The molecule has 0 atom stereocenters. The summed E-state index contributed by atoms with van der Waals surface area (Å²) >= 11 is 0. The Morgan fingerprint density at radius 1 is 1.29 bits per heavy atom. The minimum Gasteiger partial charge on any atom is -0.343 e. The third-order valence-electron chi connectivity index (χ3n) is 2.38. The molecule has 0 aliphatic carbocycles. The minimum absolute atomic E-state index is 0.166. The molecule has 17 heavy (non-hydrogen) atoms. The fourth-order valence-corrected chi connectivity index (χ4v) is 1.45. The molecule has 0 aliphatic rings. The Morgan fingerprint density at radius 2 is 2.00 bits per heavy atom. The maximum atomic E-state index is 12.0. The first-order valence-electron chi connectivity index (χ1n) is 5.24. The van der Waals surface area contributed by atoms with Crippen molar-refractivity contribution in [2.45, 2.75) is 19.4 Å². The lowest BCUT2D eigenvalue weighted by Gasteiger charge is -2.22. The van der Waals surface area contributed by atoms with E-state index in [1.165, 1.54) is 6.39 Å². The SMILES string of the molecule is CC(C)(NC(=O)c1ccccc1)c1ncon1. The highest BCUT2D eigenvalue weighted by molar-refractivity contribution is 5.94. The van der Waals surface area contributed by atoms with Crippen LogP contribution >= 0.6 is 0 Å². The van der Waals surface area contributed by atoms with Gasteiger partial charge in [0.05, 0.1) is 5.54 Å². The standard InChI is InChI=1S/C12H13N3O2/c1-12(2,11-13-8-17-15-11)14-10(16)9-6-4-3-5-7-9/h3-8H,1-2H3,(H,14,16). The van der Waals surface area contributed by atoms with Gasteiger partial charge in [0, 0.05) is 5.56 Å². The van der Waals surface area contributed by atoms with E-state index in [1.54, 1.807) is 12.1 Å². The van der Waals surface area contributed by atoms with Gasteiger partial charge in [-0.2, -0.15) is 4.98 Å². The van der Waals surface area contributed by atoms with Gasteiger partial charge in [0.2, 0.25) is 6.39 Å². The molecule has 5 nitrogen and oxygen atoms in total. The van der Waals surface area contributed by atoms with E-state index in [1.807, 2.05) is 32.0 Å². The number of aromatic nitrogens is 2. The van der Waals surface area contributed by atoms with E-state index in [4.69, 9.17) is 0 Å². The van der Waals surface area contributed by atoms with E-state index in [2.05, 4.69) is 20.0 Å². The Kier molecular flexibility index (Phi) is 2.91. The van der Waals surface area contributed by atoms with Crippen LogP contribution in [0.25, 0.3) is 0 Å². The summed E-state index contributed by atoms with van der Waals surface area (Å²) in [5.74, 6) is 0.280. The Labute approximate surface area is 98.8 Å². The van der Waals surface area contributed by atoms with Crippen LogP contribution in [0.4, 0.5) is 0 Å². The second-order valence-corrected chi connectivity index (χ2v) is 4.20.